The standard InChI is InChI=1S/C15H30Si2/c1-12(2)14-11-13(16(3,4)5)9-10-15(14)17(6,7)8/h9-13,15H,1-8H3. The van der Waals surface area contributed by atoms with E-state index < -0.39 is 16.1 Å². The van der Waals surface area contributed by atoms with Gasteiger partial charge in [0, 0.05) is 0 Å². The number of rotatable bonds is 3. The molecular weight excluding hydrogens is 236 g/mol. The van der Waals surface area contributed by atoms with Gasteiger partial charge in [0.25, 0.3) is 0 Å². The first-order valence-corrected chi connectivity index (χ1v) is 14.1. The van der Waals surface area contributed by atoms with Gasteiger partial charge in [-0.2, -0.15) is 0 Å². The molecule has 2 heteroatoms. The van der Waals surface area contributed by atoms with Crippen LogP contribution in [-0.2, 0) is 0 Å². The average Bonchev–Trinajstić information content (AvgIpc) is 2.14. The van der Waals surface area contributed by atoms with Crippen molar-refractivity contribution in [3.8, 4) is 0 Å². The minimum atomic E-state index is -1.11. The molecule has 0 fully saturated rings. The van der Waals surface area contributed by atoms with Gasteiger partial charge in [0.2, 0.25) is 0 Å². The molecule has 0 N–H and O–H groups in total. The molecule has 0 radical (unpaired) electrons. The molecule has 0 heterocycles. The summed E-state index contributed by atoms with van der Waals surface area (Å²) in [6.07, 6.45) is 7.69. The van der Waals surface area contributed by atoms with E-state index in [4.69, 9.17) is 0 Å². The maximum atomic E-state index is 2.62. The van der Waals surface area contributed by atoms with Gasteiger partial charge in [0.1, 0.15) is 0 Å². The van der Waals surface area contributed by atoms with E-state index in [1.54, 1.807) is 5.57 Å². The van der Waals surface area contributed by atoms with Crippen molar-refractivity contribution in [3.05, 3.63) is 23.8 Å². The molecule has 0 amide bonds. The summed E-state index contributed by atoms with van der Waals surface area (Å²) < 4.78 is 0. The van der Waals surface area contributed by atoms with Crippen molar-refractivity contribution in [1.82, 2.24) is 0 Å². The van der Waals surface area contributed by atoms with E-state index in [0.29, 0.717) is 5.92 Å². The lowest BCUT2D eigenvalue weighted by Crippen LogP contribution is -2.34. The smallest absolute Gasteiger partial charge is 0.0561 e. The zero-order chi connectivity index (χ0) is 13.4. The lowest BCUT2D eigenvalue weighted by atomic mass is 9.94. The van der Waals surface area contributed by atoms with Gasteiger partial charge in [0.15, 0.2) is 0 Å². The molecule has 2 atom stereocenters. The minimum absolute atomic E-state index is 0.704. The Morgan fingerprint density at radius 1 is 0.882 bits per heavy atom. The van der Waals surface area contributed by atoms with Gasteiger partial charge < -0.3 is 0 Å². The molecule has 0 aromatic carbocycles. The summed E-state index contributed by atoms with van der Waals surface area (Å²) in [6.45, 7) is 19.6. The van der Waals surface area contributed by atoms with E-state index >= 15 is 0 Å². The highest BCUT2D eigenvalue weighted by Gasteiger charge is 2.34. The molecule has 0 aromatic heterocycles. The Balaban J connectivity index is 3.08. The average molecular weight is 267 g/mol. The maximum absolute atomic E-state index is 2.62. The fourth-order valence-corrected chi connectivity index (χ4v) is 6.09. The third-order valence-corrected chi connectivity index (χ3v) is 8.59. The Morgan fingerprint density at radius 2 is 1.41 bits per heavy atom. The van der Waals surface area contributed by atoms with Gasteiger partial charge in [-0.05, 0) is 17.0 Å². The van der Waals surface area contributed by atoms with Crippen LogP contribution in [0, 0.1) is 5.92 Å². The quantitative estimate of drug-likeness (QED) is 0.464. The highest BCUT2D eigenvalue weighted by atomic mass is 28.3. The van der Waals surface area contributed by atoms with E-state index in [1.165, 1.54) is 0 Å². The van der Waals surface area contributed by atoms with Crippen molar-refractivity contribution < 1.29 is 0 Å². The van der Waals surface area contributed by atoms with Crippen LogP contribution in [0.1, 0.15) is 13.8 Å². The van der Waals surface area contributed by atoms with Gasteiger partial charge in [-0.3, -0.25) is 0 Å². The first kappa shape index (κ1) is 15.0. The Kier molecular flexibility index (Phi) is 4.30. The summed E-state index contributed by atoms with van der Waals surface area (Å²) in [6, 6.07) is 0. The van der Waals surface area contributed by atoms with E-state index in [9.17, 15) is 0 Å². The fourth-order valence-electron chi connectivity index (χ4n) is 2.59. The van der Waals surface area contributed by atoms with Crippen molar-refractivity contribution >= 4 is 16.1 Å². The minimum Gasteiger partial charge on any atom is -0.0840 e. The van der Waals surface area contributed by atoms with Crippen LogP contribution >= 0.6 is 0 Å². The van der Waals surface area contributed by atoms with Crippen LogP contribution < -0.4 is 0 Å². The third kappa shape index (κ3) is 3.69. The Hall–Kier alpha value is -0.0862. The van der Waals surface area contributed by atoms with Crippen LogP contribution in [0.5, 0.6) is 0 Å². The van der Waals surface area contributed by atoms with Gasteiger partial charge in [-0.1, -0.05) is 76.9 Å². The van der Waals surface area contributed by atoms with Crippen LogP contribution in [0.3, 0.4) is 0 Å². The Bertz CT molecular complexity index is 324. The summed E-state index contributed by atoms with van der Waals surface area (Å²) in [5, 5.41) is 0. The van der Waals surface area contributed by atoms with Gasteiger partial charge in [0.05, 0.1) is 16.1 Å². The van der Waals surface area contributed by atoms with Crippen LogP contribution in [0.15, 0.2) is 23.8 Å². The predicted molar refractivity (Wildman–Crippen MR) is 86.3 cm³/mol. The third-order valence-electron chi connectivity index (χ3n) is 3.84. The number of hydrogen-bond acceptors (Lipinski definition) is 0. The lowest BCUT2D eigenvalue weighted by molar-refractivity contribution is 0.727. The maximum Gasteiger partial charge on any atom is 0.0561 e. The molecular formula is C15H30Si2. The highest BCUT2D eigenvalue weighted by Crippen LogP contribution is 2.42. The molecule has 0 nitrogen and oxygen atoms in total. The van der Waals surface area contributed by atoms with Gasteiger partial charge in [-0.25, -0.2) is 0 Å². The van der Waals surface area contributed by atoms with Crippen molar-refractivity contribution in [2.45, 2.75) is 64.2 Å². The summed E-state index contributed by atoms with van der Waals surface area (Å²) >= 11 is 0. The molecule has 2 unspecified atom stereocenters. The van der Waals surface area contributed by atoms with Gasteiger partial charge >= 0.3 is 0 Å². The van der Waals surface area contributed by atoms with Crippen LogP contribution in [-0.4, -0.2) is 16.1 Å². The monoisotopic (exact) mass is 266 g/mol. The molecule has 1 rings (SSSR count). The molecule has 0 saturated carbocycles. The lowest BCUT2D eigenvalue weighted by Gasteiger charge is -2.37. The topological polar surface area (TPSA) is 0 Å². The van der Waals surface area contributed by atoms with E-state index in [1.807, 2.05) is 0 Å². The van der Waals surface area contributed by atoms with E-state index in [-0.39, 0.29) is 0 Å². The highest BCUT2D eigenvalue weighted by molar-refractivity contribution is 6.80. The molecule has 0 saturated heterocycles. The zero-order valence-electron chi connectivity index (χ0n) is 13.0. The van der Waals surface area contributed by atoms with Crippen molar-refractivity contribution in [1.29, 1.82) is 0 Å². The van der Waals surface area contributed by atoms with Crippen molar-refractivity contribution in [2.75, 3.05) is 0 Å². The second-order valence-electron chi connectivity index (χ2n) is 7.94. The normalized spacial score (nSPS) is 26.3. The molecule has 0 aromatic rings. The fraction of sp³-hybridized carbons (Fsp3) is 0.733. The summed E-state index contributed by atoms with van der Waals surface area (Å²) in [5.74, 6) is 0.704. The second-order valence-corrected chi connectivity index (χ2v) is 18.7. The van der Waals surface area contributed by atoms with E-state index in [2.05, 4.69) is 71.4 Å². The molecule has 0 bridgehead atoms. The SMILES string of the molecule is CC(C)C1=CC([Si](C)(C)C)C=CC1[Si](C)(C)C. The number of hydrogen-bond donors (Lipinski definition) is 0. The first-order chi connectivity index (χ1) is 7.53. The molecule has 0 spiro atoms. The molecule has 1 aliphatic rings. The molecule has 1 aliphatic carbocycles. The van der Waals surface area contributed by atoms with Crippen molar-refractivity contribution in [3.63, 3.8) is 0 Å². The molecule has 98 valence electrons. The van der Waals surface area contributed by atoms with E-state index in [0.717, 1.165) is 11.1 Å². The first-order valence-electron chi connectivity index (χ1n) is 6.93. The largest absolute Gasteiger partial charge is 0.0840 e. The number of allylic oxidation sites excluding steroid dienone is 4. The second kappa shape index (κ2) is 4.89. The van der Waals surface area contributed by atoms with Crippen LogP contribution in [0.4, 0.5) is 0 Å². The van der Waals surface area contributed by atoms with Gasteiger partial charge in [-0.15, -0.1) is 0 Å². The summed E-state index contributed by atoms with van der Waals surface area (Å²) in [4.78, 5) is 0. The van der Waals surface area contributed by atoms with Crippen LogP contribution in [0.2, 0.25) is 50.4 Å². The zero-order valence-corrected chi connectivity index (χ0v) is 15.0. The predicted octanol–water partition coefficient (Wildman–Crippen LogP) is 5.56. The molecule has 17 heavy (non-hydrogen) atoms. The Labute approximate surface area is 110 Å². The van der Waals surface area contributed by atoms with Crippen molar-refractivity contribution in [2.24, 2.45) is 5.92 Å². The summed E-state index contributed by atoms with van der Waals surface area (Å²) in [7, 11) is -2.19. The van der Waals surface area contributed by atoms with Crippen LogP contribution in [0.25, 0.3) is 0 Å². The summed E-state index contributed by atoms with van der Waals surface area (Å²) in [5.41, 5.74) is 3.22. The molecule has 0 aliphatic heterocycles. The Morgan fingerprint density at radius 3 is 1.76 bits per heavy atom.